The molecule has 0 spiro atoms. The van der Waals surface area contributed by atoms with Crippen molar-refractivity contribution in [2.24, 2.45) is 11.8 Å². The van der Waals surface area contributed by atoms with E-state index in [1.165, 1.54) is 0 Å². The van der Waals surface area contributed by atoms with E-state index in [2.05, 4.69) is 6.92 Å². The highest BCUT2D eigenvalue weighted by Gasteiger charge is 2.38. The van der Waals surface area contributed by atoms with Crippen molar-refractivity contribution < 1.29 is 9.84 Å². The number of ether oxygens (including phenoxy) is 1. The predicted molar refractivity (Wildman–Crippen MR) is 60.0 cm³/mol. The van der Waals surface area contributed by atoms with Crippen LogP contribution in [0, 0.1) is 11.8 Å². The fraction of sp³-hybridized carbons (Fsp3) is 0.538. The topological polar surface area (TPSA) is 29.5 Å². The summed E-state index contributed by atoms with van der Waals surface area (Å²) in [5.74, 6) is 2.06. The van der Waals surface area contributed by atoms with Crippen LogP contribution in [-0.4, -0.2) is 18.3 Å². The molecule has 1 saturated carbocycles. The second-order valence-electron chi connectivity index (χ2n) is 4.46. The molecule has 1 fully saturated rings. The Labute approximate surface area is 90.9 Å². The number of aliphatic hydroxyl groups is 1. The zero-order valence-electron chi connectivity index (χ0n) is 9.31. The molecule has 1 aromatic rings. The second kappa shape index (κ2) is 4.23. The molecular weight excluding hydrogens is 188 g/mol. The first-order valence-electron chi connectivity index (χ1n) is 5.52. The number of hydrogen-bond donors (Lipinski definition) is 1. The Morgan fingerprint density at radius 2 is 2.13 bits per heavy atom. The van der Waals surface area contributed by atoms with Gasteiger partial charge in [-0.25, -0.2) is 0 Å². The molecule has 1 aliphatic rings. The van der Waals surface area contributed by atoms with Crippen LogP contribution < -0.4 is 4.74 Å². The first-order valence-corrected chi connectivity index (χ1v) is 5.52. The molecule has 0 saturated heterocycles. The molecule has 0 bridgehead atoms. The predicted octanol–water partition coefficient (Wildman–Crippen LogP) is 2.25. The normalized spacial score (nSPS) is 26.1. The summed E-state index contributed by atoms with van der Waals surface area (Å²) in [6.07, 6.45) is 1.66. The summed E-state index contributed by atoms with van der Waals surface area (Å²) in [5, 5.41) is 9.98. The van der Waals surface area contributed by atoms with Crippen molar-refractivity contribution in [2.75, 3.05) is 7.11 Å². The molecule has 82 valence electrons. The van der Waals surface area contributed by atoms with E-state index in [1.807, 2.05) is 24.3 Å². The standard InChI is InChI=1S/C13H18O2/c1-9-7-11(9)12(14)8-10-5-3-4-6-13(10)15-2/h3-6,9,11-12,14H,7-8H2,1-2H3. The van der Waals surface area contributed by atoms with E-state index in [-0.39, 0.29) is 6.10 Å². The minimum Gasteiger partial charge on any atom is -0.496 e. The smallest absolute Gasteiger partial charge is 0.122 e. The van der Waals surface area contributed by atoms with Crippen molar-refractivity contribution in [3.63, 3.8) is 0 Å². The lowest BCUT2D eigenvalue weighted by atomic mass is 10.0. The summed E-state index contributed by atoms with van der Waals surface area (Å²) < 4.78 is 5.26. The van der Waals surface area contributed by atoms with Gasteiger partial charge in [0, 0.05) is 6.42 Å². The highest BCUT2D eigenvalue weighted by atomic mass is 16.5. The van der Waals surface area contributed by atoms with Gasteiger partial charge in [0.2, 0.25) is 0 Å². The van der Waals surface area contributed by atoms with Gasteiger partial charge in [-0.15, -0.1) is 0 Å². The van der Waals surface area contributed by atoms with Gasteiger partial charge in [0.05, 0.1) is 13.2 Å². The highest BCUT2D eigenvalue weighted by molar-refractivity contribution is 5.33. The summed E-state index contributed by atoms with van der Waals surface area (Å²) in [5.41, 5.74) is 1.10. The van der Waals surface area contributed by atoms with Gasteiger partial charge in [0.15, 0.2) is 0 Å². The van der Waals surface area contributed by atoms with Crippen molar-refractivity contribution in [3.8, 4) is 5.75 Å². The molecule has 1 aromatic carbocycles. The number of benzene rings is 1. The lowest BCUT2D eigenvalue weighted by Crippen LogP contribution is -2.14. The summed E-state index contributed by atoms with van der Waals surface area (Å²) in [6.45, 7) is 2.19. The van der Waals surface area contributed by atoms with Gasteiger partial charge in [0.1, 0.15) is 5.75 Å². The first-order chi connectivity index (χ1) is 7.22. The average molecular weight is 206 g/mol. The van der Waals surface area contributed by atoms with E-state index in [4.69, 9.17) is 4.74 Å². The number of rotatable bonds is 4. The fourth-order valence-electron chi connectivity index (χ4n) is 2.14. The third-order valence-corrected chi connectivity index (χ3v) is 3.29. The van der Waals surface area contributed by atoms with E-state index in [0.29, 0.717) is 18.3 Å². The number of methoxy groups -OCH3 is 1. The zero-order valence-corrected chi connectivity index (χ0v) is 9.31. The van der Waals surface area contributed by atoms with Gasteiger partial charge < -0.3 is 9.84 Å². The summed E-state index contributed by atoms with van der Waals surface area (Å²) >= 11 is 0. The Kier molecular flexibility index (Phi) is 2.96. The molecule has 1 N–H and O–H groups in total. The largest absolute Gasteiger partial charge is 0.496 e. The SMILES string of the molecule is COc1ccccc1CC(O)C1CC1C. The maximum atomic E-state index is 9.98. The minimum atomic E-state index is -0.212. The molecule has 3 unspecified atom stereocenters. The van der Waals surface area contributed by atoms with Crippen LogP contribution in [0.4, 0.5) is 0 Å². The third-order valence-electron chi connectivity index (χ3n) is 3.29. The van der Waals surface area contributed by atoms with Gasteiger partial charge >= 0.3 is 0 Å². The van der Waals surface area contributed by atoms with Crippen molar-refractivity contribution in [3.05, 3.63) is 29.8 Å². The number of aliphatic hydroxyl groups excluding tert-OH is 1. The van der Waals surface area contributed by atoms with Crippen LogP contribution in [0.5, 0.6) is 5.75 Å². The molecule has 2 rings (SSSR count). The average Bonchev–Trinajstić information content (AvgIpc) is 2.96. The Balaban J connectivity index is 2.03. The molecule has 2 heteroatoms. The van der Waals surface area contributed by atoms with Crippen molar-refractivity contribution in [2.45, 2.75) is 25.9 Å². The maximum Gasteiger partial charge on any atom is 0.122 e. The van der Waals surface area contributed by atoms with Crippen LogP contribution in [-0.2, 0) is 6.42 Å². The van der Waals surface area contributed by atoms with E-state index in [1.54, 1.807) is 7.11 Å². The molecule has 1 aliphatic carbocycles. The molecule has 0 aromatic heterocycles. The first kappa shape index (κ1) is 10.5. The minimum absolute atomic E-state index is 0.212. The van der Waals surface area contributed by atoms with Crippen molar-refractivity contribution >= 4 is 0 Å². The van der Waals surface area contributed by atoms with E-state index in [9.17, 15) is 5.11 Å². The lowest BCUT2D eigenvalue weighted by molar-refractivity contribution is 0.145. The van der Waals surface area contributed by atoms with Gasteiger partial charge in [-0.3, -0.25) is 0 Å². The quantitative estimate of drug-likeness (QED) is 0.818. The fourth-order valence-corrected chi connectivity index (χ4v) is 2.14. The van der Waals surface area contributed by atoms with Crippen LogP contribution >= 0.6 is 0 Å². The van der Waals surface area contributed by atoms with E-state index >= 15 is 0 Å². The molecule has 0 radical (unpaired) electrons. The maximum absolute atomic E-state index is 9.98. The third kappa shape index (κ3) is 2.32. The molecule has 2 nitrogen and oxygen atoms in total. The van der Waals surface area contributed by atoms with Crippen LogP contribution in [0.25, 0.3) is 0 Å². The second-order valence-corrected chi connectivity index (χ2v) is 4.46. The number of para-hydroxylation sites is 1. The Morgan fingerprint density at radius 1 is 1.47 bits per heavy atom. The molecular formula is C13H18O2. The Hall–Kier alpha value is -1.02. The van der Waals surface area contributed by atoms with Crippen molar-refractivity contribution in [1.29, 1.82) is 0 Å². The molecule has 3 atom stereocenters. The Bertz CT molecular complexity index is 335. The van der Waals surface area contributed by atoms with E-state index in [0.717, 1.165) is 17.7 Å². The van der Waals surface area contributed by atoms with E-state index < -0.39 is 0 Å². The van der Waals surface area contributed by atoms with Gasteiger partial charge in [-0.1, -0.05) is 25.1 Å². The van der Waals surface area contributed by atoms with Crippen LogP contribution in [0.2, 0.25) is 0 Å². The summed E-state index contributed by atoms with van der Waals surface area (Å²) in [6, 6.07) is 7.91. The molecule has 0 amide bonds. The molecule has 15 heavy (non-hydrogen) atoms. The van der Waals surface area contributed by atoms with Gasteiger partial charge in [0.25, 0.3) is 0 Å². The van der Waals surface area contributed by atoms with Gasteiger partial charge in [-0.05, 0) is 29.9 Å². The van der Waals surface area contributed by atoms with Crippen LogP contribution in [0.15, 0.2) is 24.3 Å². The lowest BCUT2D eigenvalue weighted by Gasteiger charge is -2.12. The molecule has 0 heterocycles. The van der Waals surface area contributed by atoms with Crippen LogP contribution in [0.1, 0.15) is 18.9 Å². The van der Waals surface area contributed by atoms with Crippen LogP contribution in [0.3, 0.4) is 0 Å². The summed E-state index contributed by atoms with van der Waals surface area (Å²) in [7, 11) is 1.67. The zero-order chi connectivity index (χ0) is 10.8. The summed E-state index contributed by atoms with van der Waals surface area (Å²) in [4.78, 5) is 0. The van der Waals surface area contributed by atoms with Crippen molar-refractivity contribution in [1.82, 2.24) is 0 Å². The monoisotopic (exact) mass is 206 g/mol. The molecule has 0 aliphatic heterocycles. The Morgan fingerprint density at radius 3 is 2.73 bits per heavy atom. The highest BCUT2D eigenvalue weighted by Crippen LogP contribution is 2.41. The van der Waals surface area contributed by atoms with Gasteiger partial charge in [-0.2, -0.15) is 0 Å². The number of hydrogen-bond acceptors (Lipinski definition) is 2.